The molecule has 0 aliphatic heterocycles. The van der Waals surface area contributed by atoms with Crippen molar-refractivity contribution in [3.63, 3.8) is 0 Å². The van der Waals surface area contributed by atoms with Crippen molar-refractivity contribution in [1.29, 1.82) is 0 Å². The Hall–Kier alpha value is -3.29. The van der Waals surface area contributed by atoms with Gasteiger partial charge in [-0.25, -0.2) is 4.98 Å². The smallest absolute Gasteiger partial charge is 0.349 e. The Labute approximate surface area is 118 Å². The lowest BCUT2D eigenvalue weighted by Crippen LogP contribution is -2.01. The first-order chi connectivity index (χ1) is 10.1. The summed E-state index contributed by atoms with van der Waals surface area (Å²) in [5, 5.41) is 11.9. The summed E-state index contributed by atoms with van der Waals surface area (Å²) in [6.45, 7) is 0. The molecule has 0 spiro atoms. The summed E-state index contributed by atoms with van der Waals surface area (Å²) in [4.78, 5) is 21.8. The number of anilines is 1. The normalized spacial score (nSPS) is 10.5. The zero-order chi connectivity index (χ0) is 14.8. The minimum atomic E-state index is -0.631. The number of benzene rings is 1. The average molecular weight is 283 g/mol. The van der Waals surface area contributed by atoms with E-state index in [1.165, 1.54) is 0 Å². The predicted molar refractivity (Wildman–Crippen MR) is 74.9 cm³/mol. The molecule has 0 bridgehead atoms. The van der Waals surface area contributed by atoms with Crippen molar-refractivity contribution in [2.24, 2.45) is 0 Å². The Balaban J connectivity index is 2.02. The van der Waals surface area contributed by atoms with Gasteiger partial charge >= 0.3 is 11.6 Å². The van der Waals surface area contributed by atoms with Crippen LogP contribution in [-0.4, -0.2) is 19.9 Å². The van der Waals surface area contributed by atoms with Crippen LogP contribution in [0.25, 0.3) is 10.9 Å². The van der Waals surface area contributed by atoms with E-state index in [0.717, 1.165) is 11.6 Å². The van der Waals surface area contributed by atoms with Crippen LogP contribution in [0, 0.1) is 10.1 Å². The van der Waals surface area contributed by atoms with Gasteiger partial charge in [0.05, 0.1) is 10.4 Å². The fraction of sp³-hybridized carbons (Fsp3) is 0. The molecule has 8 nitrogen and oxygen atoms in total. The van der Waals surface area contributed by atoms with E-state index < -0.39 is 4.92 Å². The van der Waals surface area contributed by atoms with Crippen molar-refractivity contribution < 1.29 is 9.66 Å². The average Bonchev–Trinajstić information content (AvgIpc) is 2.47. The zero-order valence-corrected chi connectivity index (χ0v) is 10.6. The van der Waals surface area contributed by atoms with Crippen LogP contribution >= 0.6 is 0 Å². The molecule has 0 atom stereocenters. The van der Waals surface area contributed by atoms with Gasteiger partial charge in [-0.05, 0) is 18.2 Å². The molecule has 1 aromatic carbocycles. The van der Waals surface area contributed by atoms with Crippen molar-refractivity contribution in [2.45, 2.75) is 0 Å². The summed E-state index contributed by atoms with van der Waals surface area (Å²) in [7, 11) is 0. The van der Waals surface area contributed by atoms with E-state index >= 15 is 0 Å². The lowest BCUT2D eigenvalue weighted by atomic mass is 10.2. The second-order valence-electron chi connectivity index (χ2n) is 4.14. The number of nitrogen functional groups attached to an aromatic ring is 1. The minimum Gasteiger partial charge on any atom is -0.433 e. The van der Waals surface area contributed by atoms with Crippen LogP contribution in [0.5, 0.6) is 11.6 Å². The molecule has 2 aromatic heterocycles. The second-order valence-corrected chi connectivity index (χ2v) is 4.14. The number of nitro groups is 1. The maximum atomic E-state index is 10.9. The molecule has 2 heterocycles. The van der Waals surface area contributed by atoms with Crippen LogP contribution in [-0.2, 0) is 0 Å². The molecule has 0 unspecified atom stereocenters. The number of aromatic nitrogens is 3. The van der Waals surface area contributed by atoms with Gasteiger partial charge in [-0.2, -0.15) is 4.98 Å². The van der Waals surface area contributed by atoms with E-state index in [-0.39, 0.29) is 17.5 Å². The maximum Gasteiger partial charge on any atom is 0.349 e. The highest BCUT2D eigenvalue weighted by atomic mass is 16.6. The summed E-state index contributed by atoms with van der Waals surface area (Å²) >= 11 is 0. The molecular weight excluding hydrogens is 274 g/mol. The SMILES string of the molecule is Nc1ncc([N+](=O)[O-])c(Oc2ccc3cccnc3c2)n1. The first-order valence-electron chi connectivity index (χ1n) is 5.93. The molecule has 0 fully saturated rings. The first kappa shape index (κ1) is 12.7. The molecule has 2 N–H and O–H groups in total. The summed E-state index contributed by atoms with van der Waals surface area (Å²) < 4.78 is 5.45. The van der Waals surface area contributed by atoms with Crippen LogP contribution in [0.3, 0.4) is 0 Å². The highest BCUT2D eigenvalue weighted by Crippen LogP contribution is 2.30. The van der Waals surface area contributed by atoms with E-state index in [1.54, 1.807) is 24.4 Å². The van der Waals surface area contributed by atoms with Crippen molar-refractivity contribution in [3.8, 4) is 11.6 Å². The summed E-state index contributed by atoms with van der Waals surface area (Å²) in [5.74, 6) is 0.0692. The van der Waals surface area contributed by atoms with E-state index in [4.69, 9.17) is 10.5 Å². The van der Waals surface area contributed by atoms with E-state index in [9.17, 15) is 10.1 Å². The predicted octanol–water partition coefficient (Wildman–Crippen LogP) is 2.31. The maximum absolute atomic E-state index is 10.9. The number of nitrogens with zero attached hydrogens (tertiary/aromatic N) is 4. The van der Waals surface area contributed by atoms with Gasteiger partial charge in [0, 0.05) is 17.6 Å². The second kappa shape index (κ2) is 5.00. The largest absolute Gasteiger partial charge is 0.433 e. The molecule has 3 aromatic rings. The van der Waals surface area contributed by atoms with Crippen molar-refractivity contribution in [3.05, 3.63) is 52.8 Å². The van der Waals surface area contributed by atoms with Crippen molar-refractivity contribution in [1.82, 2.24) is 15.0 Å². The molecule has 8 heteroatoms. The van der Waals surface area contributed by atoms with Gasteiger partial charge < -0.3 is 10.5 Å². The van der Waals surface area contributed by atoms with Crippen molar-refractivity contribution >= 4 is 22.5 Å². The highest BCUT2D eigenvalue weighted by Gasteiger charge is 2.19. The number of nitrogens with two attached hydrogens (primary N) is 1. The molecule has 0 saturated heterocycles. The van der Waals surface area contributed by atoms with Crippen LogP contribution in [0.2, 0.25) is 0 Å². The van der Waals surface area contributed by atoms with Gasteiger partial charge in [0.25, 0.3) is 0 Å². The van der Waals surface area contributed by atoms with Gasteiger partial charge in [0.2, 0.25) is 5.95 Å². The molecule has 0 saturated carbocycles. The van der Waals surface area contributed by atoms with E-state index in [2.05, 4.69) is 15.0 Å². The Bertz CT molecular complexity index is 837. The number of pyridine rings is 1. The summed E-state index contributed by atoms with van der Waals surface area (Å²) in [5.41, 5.74) is 5.79. The lowest BCUT2D eigenvalue weighted by Gasteiger charge is -2.06. The summed E-state index contributed by atoms with van der Waals surface area (Å²) in [6.07, 6.45) is 2.66. The summed E-state index contributed by atoms with van der Waals surface area (Å²) in [6, 6.07) is 8.85. The molecule has 3 rings (SSSR count). The van der Waals surface area contributed by atoms with Crippen molar-refractivity contribution in [2.75, 3.05) is 5.73 Å². The van der Waals surface area contributed by atoms with Gasteiger partial charge in [0.1, 0.15) is 11.9 Å². The third-order valence-electron chi connectivity index (χ3n) is 2.74. The number of ether oxygens (including phenoxy) is 1. The molecule has 0 aliphatic rings. The van der Waals surface area contributed by atoms with Gasteiger partial charge in [0.15, 0.2) is 0 Å². The topological polar surface area (TPSA) is 117 Å². The van der Waals surface area contributed by atoms with Gasteiger partial charge in [-0.3, -0.25) is 15.1 Å². The highest BCUT2D eigenvalue weighted by molar-refractivity contribution is 5.79. The quantitative estimate of drug-likeness (QED) is 0.578. The van der Waals surface area contributed by atoms with Crippen LogP contribution in [0.15, 0.2) is 42.7 Å². The number of rotatable bonds is 3. The number of hydrogen-bond acceptors (Lipinski definition) is 7. The molecule has 0 aliphatic carbocycles. The zero-order valence-electron chi connectivity index (χ0n) is 10.6. The van der Waals surface area contributed by atoms with Crippen LogP contribution < -0.4 is 10.5 Å². The van der Waals surface area contributed by atoms with Gasteiger partial charge in [-0.1, -0.05) is 6.07 Å². The van der Waals surface area contributed by atoms with Crippen LogP contribution in [0.1, 0.15) is 0 Å². The molecule has 21 heavy (non-hydrogen) atoms. The Morgan fingerprint density at radius 2 is 2.10 bits per heavy atom. The van der Waals surface area contributed by atoms with Crippen LogP contribution in [0.4, 0.5) is 11.6 Å². The molecular formula is C13H9N5O3. The minimum absolute atomic E-state index is 0.102. The monoisotopic (exact) mass is 283 g/mol. The van der Waals surface area contributed by atoms with E-state index in [0.29, 0.717) is 11.3 Å². The third kappa shape index (κ3) is 2.54. The molecule has 104 valence electrons. The lowest BCUT2D eigenvalue weighted by molar-refractivity contribution is -0.386. The molecule has 0 radical (unpaired) electrons. The third-order valence-corrected chi connectivity index (χ3v) is 2.74. The number of hydrogen-bond donors (Lipinski definition) is 1. The van der Waals surface area contributed by atoms with Gasteiger partial charge in [-0.15, -0.1) is 0 Å². The Kier molecular flexibility index (Phi) is 3.03. The first-order valence-corrected chi connectivity index (χ1v) is 5.93. The fourth-order valence-corrected chi connectivity index (χ4v) is 1.79. The Morgan fingerprint density at radius 1 is 1.24 bits per heavy atom. The standard InChI is InChI=1S/C13H9N5O3/c14-13-16-7-11(18(19)20)12(17-13)21-9-4-3-8-2-1-5-15-10(8)6-9/h1-7H,(H2,14,16,17). The molecule has 0 amide bonds. The Morgan fingerprint density at radius 3 is 2.90 bits per heavy atom. The fourth-order valence-electron chi connectivity index (χ4n) is 1.79. The number of fused-ring (bicyclic) bond motifs is 1. The van der Waals surface area contributed by atoms with E-state index in [1.807, 2.05) is 12.1 Å².